The summed E-state index contributed by atoms with van der Waals surface area (Å²) in [6, 6.07) is 0. The van der Waals surface area contributed by atoms with Crippen LogP contribution in [0.2, 0.25) is 0 Å². The Hall–Kier alpha value is -1.64. The maximum absolute atomic E-state index is 12.1. The van der Waals surface area contributed by atoms with Crippen molar-refractivity contribution in [3.8, 4) is 0 Å². The fraction of sp³-hybridized carbons (Fsp3) is 0.652. The molecular formula is C23H26O3. The van der Waals surface area contributed by atoms with E-state index in [0.717, 1.165) is 19.3 Å². The molecule has 1 saturated heterocycles. The predicted molar refractivity (Wildman–Crippen MR) is 96.9 cm³/mol. The molecule has 3 heteroatoms. The lowest BCUT2D eigenvalue weighted by atomic mass is 9.47. The Morgan fingerprint density at radius 3 is 2.73 bits per heavy atom. The molecule has 4 fully saturated rings. The third-order valence-corrected chi connectivity index (χ3v) is 9.23. The fourth-order valence-corrected chi connectivity index (χ4v) is 8.01. The van der Waals surface area contributed by atoms with Crippen molar-refractivity contribution in [2.75, 3.05) is 0 Å². The van der Waals surface area contributed by atoms with E-state index in [0.29, 0.717) is 36.0 Å². The van der Waals surface area contributed by atoms with E-state index in [1.54, 1.807) is 6.08 Å². The van der Waals surface area contributed by atoms with Crippen LogP contribution in [0.15, 0.2) is 36.0 Å². The Labute approximate surface area is 154 Å². The van der Waals surface area contributed by atoms with Gasteiger partial charge in [-0.25, -0.2) is 0 Å². The summed E-state index contributed by atoms with van der Waals surface area (Å²) in [4.78, 5) is 23.9. The zero-order valence-electron chi connectivity index (χ0n) is 15.5. The highest BCUT2D eigenvalue weighted by Crippen LogP contribution is 2.78. The molecule has 6 rings (SSSR count). The van der Waals surface area contributed by atoms with E-state index >= 15 is 0 Å². The molecule has 3 saturated carbocycles. The standard InChI is InChI=1S/C23H26O3/c1-21-8-5-14(24)11-13(21)3-4-15-17(21)6-9-22(2)20(15)16-12-18(16)23(22)10-7-19(25)26-23/h3-5,8,11,15-18,20H,6-7,9-10,12H2,1-2H3/t15-,16-,17+,18+,20-,21+,22+,23+/m1/s1. The molecule has 26 heavy (non-hydrogen) atoms. The quantitative estimate of drug-likeness (QED) is 0.620. The van der Waals surface area contributed by atoms with Crippen molar-refractivity contribution in [1.82, 2.24) is 0 Å². The highest BCUT2D eigenvalue weighted by molar-refractivity contribution is 6.01. The first-order chi connectivity index (χ1) is 12.4. The second kappa shape index (κ2) is 4.43. The summed E-state index contributed by atoms with van der Waals surface area (Å²) in [7, 11) is 0. The second-order valence-corrected chi connectivity index (χ2v) is 10.0. The van der Waals surface area contributed by atoms with Gasteiger partial charge in [-0.1, -0.05) is 32.1 Å². The van der Waals surface area contributed by atoms with Gasteiger partial charge in [0.1, 0.15) is 5.60 Å². The zero-order valence-corrected chi connectivity index (χ0v) is 15.5. The third kappa shape index (κ3) is 1.54. The van der Waals surface area contributed by atoms with Crippen molar-refractivity contribution in [1.29, 1.82) is 0 Å². The van der Waals surface area contributed by atoms with E-state index in [1.165, 1.54) is 12.0 Å². The van der Waals surface area contributed by atoms with Crippen molar-refractivity contribution in [2.24, 2.45) is 40.4 Å². The van der Waals surface area contributed by atoms with Crippen molar-refractivity contribution in [3.05, 3.63) is 36.0 Å². The second-order valence-electron chi connectivity index (χ2n) is 10.0. The van der Waals surface area contributed by atoms with Gasteiger partial charge in [0.15, 0.2) is 5.78 Å². The van der Waals surface area contributed by atoms with Gasteiger partial charge in [0.2, 0.25) is 0 Å². The van der Waals surface area contributed by atoms with Crippen molar-refractivity contribution >= 4 is 11.8 Å². The first kappa shape index (κ1) is 15.4. The molecule has 6 aliphatic rings. The lowest BCUT2D eigenvalue weighted by Gasteiger charge is -2.57. The Balaban J connectivity index is 1.45. The average Bonchev–Trinajstić information content (AvgIpc) is 3.24. The van der Waals surface area contributed by atoms with Gasteiger partial charge in [-0.3, -0.25) is 9.59 Å². The average molecular weight is 350 g/mol. The molecule has 1 spiro atoms. The van der Waals surface area contributed by atoms with Gasteiger partial charge in [-0.2, -0.15) is 0 Å². The number of carbonyl (C=O) groups is 2. The number of esters is 1. The van der Waals surface area contributed by atoms with E-state index in [1.807, 2.05) is 6.08 Å². The number of carbonyl (C=O) groups excluding carboxylic acids is 2. The van der Waals surface area contributed by atoms with Gasteiger partial charge in [0.25, 0.3) is 0 Å². The Kier molecular flexibility index (Phi) is 2.63. The third-order valence-electron chi connectivity index (χ3n) is 9.23. The Morgan fingerprint density at radius 1 is 1.12 bits per heavy atom. The van der Waals surface area contributed by atoms with E-state index in [9.17, 15) is 9.59 Å². The molecule has 0 radical (unpaired) electrons. The summed E-state index contributed by atoms with van der Waals surface area (Å²) in [5.41, 5.74) is 1.08. The molecule has 0 aromatic carbocycles. The number of rotatable bonds is 0. The van der Waals surface area contributed by atoms with Crippen molar-refractivity contribution < 1.29 is 14.3 Å². The van der Waals surface area contributed by atoms with Crippen LogP contribution in [0.4, 0.5) is 0 Å². The normalized spacial score (nSPS) is 55.8. The van der Waals surface area contributed by atoms with Crippen LogP contribution in [-0.2, 0) is 14.3 Å². The van der Waals surface area contributed by atoms with Gasteiger partial charge in [0.05, 0.1) is 0 Å². The highest BCUT2D eigenvalue weighted by atomic mass is 16.6. The number of fused-ring (bicyclic) bond motifs is 9. The molecule has 0 bridgehead atoms. The minimum atomic E-state index is -0.187. The van der Waals surface area contributed by atoms with Crippen LogP contribution < -0.4 is 0 Å². The van der Waals surface area contributed by atoms with Crippen molar-refractivity contribution in [3.63, 3.8) is 0 Å². The minimum Gasteiger partial charge on any atom is -0.458 e. The zero-order chi connectivity index (χ0) is 17.9. The van der Waals surface area contributed by atoms with E-state index in [4.69, 9.17) is 4.74 Å². The first-order valence-corrected chi connectivity index (χ1v) is 10.2. The van der Waals surface area contributed by atoms with Gasteiger partial charge in [-0.05, 0) is 67.1 Å². The number of allylic oxidation sites excluding steroid dienone is 6. The maximum atomic E-state index is 12.1. The van der Waals surface area contributed by atoms with Crippen LogP contribution >= 0.6 is 0 Å². The molecule has 8 atom stereocenters. The SMILES string of the molecule is C[C@]12C=CC(=O)C=C1C=C[C@H]1[C@@H]3[C@@H]4C[C@@H]4[C@@]4(CCC(=O)O4)[C@@]3(C)CC[C@@H]12. The first-order valence-electron chi connectivity index (χ1n) is 10.2. The van der Waals surface area contributed by atoms with Crippen LogP contribution in [0.5, 0.6) is 0 Å². The fourth-order valence-electron chi connectivity index (χ4n) is 8.01. The largest absolute Gasteiger partial charge is 0.458 e. The smallest absolute Gasteiger partial charge is 0.306 e. The lowest BCUT2D eigenvalue weighted by Crippen LogP contribution is -2.55. The summed E-state index contributed by atoms with van der Waals surface area (Å²) < 4.78 is 6.13. The van der Waals surface area contributed by atoms with Crippen LogP contribution in [0.1, 0.15) is 46.0 Å². The Bertz CT molecular complexity index is 834. The van der Waals surface area contributed by atoms with Crippen LogP contribution in [0.25, 0.3) is 0 Å². The summed E-state index contributed by atoms with van der Waals surface area (Å²) in [6.07, 6.45) is 15.4. The van der Waals surface area contributed by atoms with E-state index < -0.39 is 0 Å². The molecule has 0 aromatic heterocycles. The molecule has 0 amide bonds. The van der Waals surface area contributed by atoms with Crippen molar-refractivity contribution in [2.45, 2.75) is 51.6 Å². The predicted octanol–water partition coefficient (Wildman–Crippen LogP) is 4.00. The molecule has 5 aliphatic carbocycles. The van der Waals surface area contributed by atoms with Gasteiger partial charge in [-0.15, -0.1) is 0 Å². The number of hydrogen-bond acceptors (Lipinski definition) is 3. The van der Waals surface area contributed by atoms with Gasteiger partial charge < -0.3 is 4.74 Å². The summed E-state index contributed by atoms with van der Waals surface area (Å²) in [5, 5.41) is 0. The Morgan fingerprint density at radius 2 is 1.96 bits per heavy atom. The lowest BCUT2D eigenvalue weighted by molar-refractivity contribution is -0.172. The molecule has 1 aliphatic heterocycles. The number of ether oxygens (including phenoxy) is 1. The molecule has 0 aromatic rings. The maximum Gasteiger partial charge on any atom is 0.306 e. The monoisotopic (exact) mass is 350 g/mol. The highest BCUT2D eigenvalue weighted by Gasteiger charge is 2.78. The summed E-state index contributed by atoms with van der Waals surface area (Å²) in [6.45, 7) is 4.73. The van der Waals surface area contributed by atoms with E-state index in [2.05, 4.69) is 32.1 Å². The molecule has 3 nitrogen and oxygen atoms in total. The summed E-state index contributed by atoms with van der Waals surface area (Å²) >= 11 is 0. The molecular weight excluding hydrogens is 324 g/mol. The van der Waals surface area contributed by atoms with Crippen LogP contribution in [-0.4, -0.2) is 17.4 Å². The molecule has 1 heterocycles. The van der Waals surface area contributed by atoms with E-state index in [-0.39, 0.29) is 28.2 Å². The molecule has 0 N–H and O–H groups in total. The number of hydrogen-bond donors (Lipinski definition) is 0. The molecule has 0 unspecified atom stereocenters. The summed E-state index contributed by atoms with van der Waals surface area (Å²) in [5.74, 6) is 3.12. The topological polar surface area (TPSA) is 43.4 Å². The van der Waals surface area contributed by atoms with Crippen LogP contribution in [0.3, 0.4) is 0 Å². The number of ketones is 1. The van der Waals surface area contributed by atoms with Crippen LogP contribution in [0, 0.1) is 40.4 Å². The molecule has 136 valence electrons. The van der Waals surface area contributed by atoms with Gasteiger partial charge in [0, 0.05) is 23.2 Å². The minimum absolute atomic E-state index is 0.0183. The van der Waals surface area contributed by atoms with Gasteiger partial charge >= 0.3 is 5.97 Å².